The van der Waals surface area contributed by atoms with Gasteiger partial charge in [0.25, 0.3) is 5.91 Å². The number of hydroxylamine groups is 1. The van der Waals surface area contributed by atoms with E-state index in [0.717, 1.165) is 13.0 Å². The van der Waals surface area contributed by atoms with E-state index in [-0.39, 0.29) is 17.9 Å². The molecule has 6 nitrogen and oxygen atoms in total. The van der Waals surface area contributed by atoms with E-state index < -0.39 is 12.6 Å². The first-order valence-corrected chi connectivity index (χ1v) is 4.48. The Bertz CT molecular complexity index is 231. The number of hydrogen-bond donors (Lipinski definition) is 3. The topological polar surface area (TPSA) is 87.7 Å². The summed E-state index contributed by atoms with van der Waals surface area (Å²) in [5.74, 6) is -1.17. The van der Waals surface area contributed by atoms with Gasteiger partial charge < -0.3 is 10.4 Å². The molecule has 0 aromatic carbocycles. The maximum atomic E-state index is 11.3. The van der Waals surface area contributed by atoms with E-state index in [9.17, 15) is 9.59 Å². The van der Waals surface area contributed by atoms with E-state index in [2.05, 4.69) is 15.6 Å². The molecule has 1 amide bonds. The van der Waals surface area contributed by atoms with Crippen molar-refractivity contribution in [2.75, 3.05) is 13.2 Å². The molecule has 1 saturated heterocycles. The molecule has 0 aliphatic carbocycles. The number of amides is 1. The minimum absolute atomic E-state index is 0.253. The Morgan fingerprint density at radius 3 is 2.86 bits per heavy atom. The summed E-state index contributed by atoms with van der Waals surface area (Å²) in [6.07, 6.45) is 0.941. The van der Waals surface area contributed by atoms with Gasteiger partial charge in [0.15, 0.2) is 6.61 Å². The van der Waals surface area contributed by atoms with E-state index in [1.54, 1.807) is 0 Å². The van der Waals surface area contributed by atoms with Crippen LogP contribution in [0.25, 0.3) is 0 Å². The van der Waals surface area contributed by atoms with Gasteiger partial charge in [0.05, 0.1) is 6.04 Å². The molecular weight excluding hydrogens is 188 g/mol. The summed E-state index contributed by atoms with van der Waals surface area (Å²) in [6, 6.07) is -0.274. The Balaban J connectivity index is 2.24. The van der Waals surface area contributed by atoms with Crippen LogP contribution in [-0.4, -0.2) is 36.2 Å². The highest BCUT2D eigenvalue weighted by Gasteiger charge is 2.29. The van der Waals surface area contributed by atoms with Crippen molar-refractivity contribution in [1.29, 1.82) is 0 Å². The quantitative estimate of drug-likeness (QED) is 0.515. The van der Waals surface area contributed by atoms with Crippen LogP contribution in [0.15, 0.2) is 0 Å². The average Bonchev–Trinajstić information content (AvgIpc) is 2.50. The van der Waals surface area contributed by atoms with Gasteiger partial charge in [-0.2, -0.15) is 0 Å². The zero-order valence-electron chi connectivity index (χ0n) is 7.95. The van der Waals surface area contributed by atoms with E-state index in [1.807, 2.05) is 6.92 Å². The molecule has 0 bridgehead atoms. The first kappa shape index (κ1) is 10.9. The number of aliphatic carboxylic acids is 1. The second-order valence-corrected chi connectivity index (χ2v) is 3.35. The number of carboxylic acid groups (broad SMARTS) is 1. The fourth-order valence-corrected chi connectivity index (χ4v) is 1.42. The highest BCUT2D eigenvalue weighted by Crippen LogP contribution is 2.13. The van der Waals surface area contributed by atoms with E-state index in [4.69, 9.17) is 5.11 Å². The van der Waals surface area contributed by atoms with Crippen LogP contribution < -0.4 is 10.8 Å². The number of rotatable bonds is 4. The number of carboxylic acids is 1. The maximum absolute atomic E-state index is 11.3. The van der Waals surface area contributed by atoms with Gasteiger partial charge in [-0.05, 0) is 18.9 Å². The number of nitrogens with one attached hydrogen (secondary N) is 2. The van der Waals surface area contributed by atoms with E-state index >= 15 is 0 Å². The van der Waals surface area contributed by atoms with Crippen LogP contribution in [-0.2, 0) is 14.4 Å². The molecule has 3 N–H and O–H groups in total. The van der Waals surface area contributed by atoms with Crippen molar-refractivity contribution >= 4 is 11.9 Å². The molecule has 0 spiro atoms. The highest BCUT2D eigenvalue weighted by atomic mass is 16.7. The van der Waals surface area contributed by atoms with Crippen molar-refractivity contribution in [3.8, 4) is 0 Å². The lowest BCUT2D eigenvalue weighted by Gasteiger charge is -2.14. The molecule has 1 aliphatic rings. The summed E-state index contributed by atoms with van der Waals surface area (Å²) in [5.41, 5.74) is 2.10. The fraction of sp³-hybridized carbons (Fsp3) is 0.750. The minimum Gasteiger partial charge on any atom is -0.479 e. The fourth-order valence-electron chi connectivity index (χ4n) is 1.42. The summed E-state index contributed by atoms with van der Waals surface area (Å²) >= 11 is 0. The number of carbonyl (C=O) groups is 2. The lowest BCUT2D eigenvalue weighted by Crippen LogP contribution is -2.43. The molecule has 1 fully saturated rings. The lowest BCUT2D eigenvalue weighted by atomic mass is 10.0. The summed E-state index contributed by atoms with van der Waals surface area (Å²) < 4.78 is 0. The predicted molar refractivity (Wildman–Crippen MR) is 47.3 cm³/mol. The molecule has 1 aliphatic heterocycles. The van der Waals surface area contributed by atoms with Gasteiger partial charge in [0, 0.05) is 0 Å². The van der Waals surface area contributed by atoms with Crippen LogP contribution in [0.3, 0.4) is 0 Å². The molecule has 6 heteroatoms. The Morgan fingerprint density at radius 1 is 1.64 bits per heavy atom. The number of hydrogen-bond acceptors (Lipinski definition) is 4. The average molecular weight is 202 g/mol. The van der Waals surface area contributed by atoms with Crippen LogP contribution in [0.1, 0.15) is 13.3 Å². The molecule has 1 heterocycles. The predicted octanol–water partition coefficient (Wildman–Crippen LogP) is -0.883. The first-order valence-electron chi connectivity index (χ1n) is 4.48. The van der Waals surface area contributed by atoms with Gasteiger partial charge in [-0.3, -0.25) is 9.63 Å². The standard InChI is InChI=1S/C8H14N2O4/c1-5-2-3-9-7(5)8(13)10-14-4-6(11)12/h5,7,9H,2-4H2,1H3,(H,10,13)(H,11,12). The summed E-state index contributed by atoms with van der Waals surface area (Å²) in [7, 11) is 0. The van der Waals surface area contributed by atoms with Crippen molar-refractivity contribution in [3.05, 3.63) is 0 Å². The smallest absolute Gasteiger partial charge is 0.332 e. The van der Waals surface area contributed by atoms with Crippen LogP contribution in [0.2, 0.25) is 0 Å². The SMILES string of the molecule is CC1CCNC1C(=O)NOCC(=O)O. The highest BCUT2D eigenvalue weighted by molar-refractivity contribution is 5.81. The van der Waals surface area contributed by atoms with Gasteiger partial charge in [-0.25, -0.2) is 10.3 Å². The Labute approximate surface area is 81.6 Å². The van der Waals surface area contributed by atoms with Crippen LogP contribution in [0, 0.1) is 5.92 Å². The van der Waals surface area contributed by atoms with Gasteiger partial charge in [-0.1, -0.05) is 6.92 Å². The molecule has 0 aromatic rings. The number of carbonyl (C=O) groups excluding carboxylic acids is 1. The zero-order chi connectivity index (χ0) is 10.6. The Morgan fingerprint density at radius 2 is 2.36 bits per heavy atom. The van der Waals surface area contributed by atoms with Gasteiger partial charge >= 0.3 is 5.97 Å². The third-order valence-corrected chi connectivity index (χ3v) is 2.18. The van der Waals surface area contributed by atoms with Crippen molar-refractivity contribution in [3.63, 3.8) is 0 Å². The second kappa shape index (κ2) is 4.92. The minimum atomic E-state index is -1.11. The third kappa shape index (κ3) is 2.97. The van der Waals surface area contributed by atoms with Gasteiger partial charge in [-0.15, -0.1) is 0 Å². The van der Waals surface area contributed by atoms with Crippen molar-refractivity contribution in [2.45, 2.75) is 19.4 Å². The zero-order valence-corrected chi connectivity index (χ0v) is 7.95. The Hall–Kier alpha value is -1.14. The summed E-state index contributed by atoms with van der Waals surface area (Å²) in [5, 5.41) is 11.3. The van der Waals surface area contributed by atoms with Gasteiger partial charge in [0.1, 0.15) is 0 Å². The van der Waals surface area contributed by atoms with Crippen molar-refractivity contribution in [1.82, 2.24) is 10.8 Å². The molecule has 0 saturated carbocycles. The third-order valence-electron chi connectivity index (χ3n) is 2.18. The van der Waals surface area contributed by atoms with Crippen LogP contribution >= 0.6 is 0 Å². The molecule has 2 atom stereocenters. The molecule has 0 radical (unpaired) electrons. The molecule has 0 aromatic heterocycles. The molecule has 80 valence electrons. The molecular formula is C8H14N2O4. The lowest BCUT2D eigenvalue weighted by molar-refractivity contribution is -0.150. The van der Waals surface area contributed by atoms with E-state index in [0.29, 0.717) is 0 Å². The van der Waals surface area contributed by atoms with Crippen molar-refractivity contribution < 1.29 is 19.5 Å². The van der Waals surface area contributed by atoms with E-state index in [1.165, 1.54) is 0 Å². The van der Waals surface area contributed by atoms with Crippen LogP contribution in [0.5, 0.6) is 0 Å². The summed E-state index contributed by atoms with van der Waals surface area (Å²) in [6.45, 7) is 2.24. The Kier molecular flexibility index (Phi) is 3.84. The molecule has 14 heavy (non-hydrogen) atoms. The normalized spacial score (nSPS) is 26.1. The molecule has 1 rings (SSSR count). The second-order valence-electron chi connectivity index (χ2n) is 3.35. The van der Waals surface area contributed by atoms with Crippen molar-refractivity contribution in [2.24, 2.45) is 5.92 Å². The largest absolute Gasteiger partial charge is 0.479 e. The maximum Gasteiger partial charge on any atom is 0.332 e. The first-order chi connectivity index (χ1) is 6.61. The van der Waals surface area contributed by atoms with Gasteiger partial charge in [0.2, 0.25) is 0 Å². The summed E-state index contributed by atoms with van der Waals surface area (Å²) in [4.78, 5) is 25.9. The van der Waals surface area contributed by atoms with Crippen LogP contribution in [0.4, 0.5) is 0 Å². The molecule has 2 unspecified atom stereocenters. The monoisotopic (exact) mass is 202 g/mol.